The summed E-state index contributed by atoms with van der Waals surface area (Å²) in [5.74, 6) is 0.158. The molecule has 2 aliphatic heterocycles. The Labute approximate surface area is 108 Å². The van der Waals surface area contributed by atoms with Crippen molar-refractivity contribution in [3.8, 4) is 6.07 Å². The van der Waals surface area contributed by atoms with Gasteiger partial charge in [-0.15, -0.1) is 0 Å². The summed E-state index contributed by atoms with van der Waals surface area (Å²) in [6, 6.07) is 2.09. The van der Waals surface area contributed by atoms with Crippen LogP contribution in [0, 0.1) is 11.3 Å². The Morgan fingerprint density at radius 3 is 3.11 bits per heavy atom. The number of nitriles is 1. The highest BCUT2D eigenvalue weighted by atomic mass is 16.5. The van der Waals surface area contributed by atoms with Crippen molar-refractivity contribution < 1.29 is 9.53 Å². The van der Waals surface area contributed by atoms with E-state index < -0.39 is 6.10 Å². The van der Waals surface area contributed by atoms with Gasteiger partial charge in [0.05, 0.1) is 24.8 Å². The molecule has 2 atom stereocenters. The second kappa shape index (κ2) is 5.68. The predicted octanol–water partition coefficient (Wildman–Crippen LogP) is 0.660. The van der Waals surface area contributed by atoms with Crippen molar-refractivity contribution in [3.05, 3.63) is 0 Å². The predicted molar refractivity (Wildman–Crippen MR) is 66.8 cm³/mol. The van der Waals surface area contributed by atoms with Gasteiger partial charge in [-0.25, -0.2) is 0 Å². The van der Waals surface area contributed by atoms with Gasteiger partial charge in [0.15, 0.2) is 6.10 Å². The molecule has 1 amide bonds. The lowest BCUT2D eigenvalue weighted by molar-refractivity contribution is -0.144. The third kappa shape index (κ3) is 2.50. The van der Waals surface area contributed by atoms with E-state index >= 15 is 0 Å². The number of carbonyl (C=O) groups excluding carboxylic acids is 1. The molecule has 0 aromatic rings. The van der Waals surface area contributed by atoms with Gasteiger partial charge in [0.1, 0.15) is 0 Å². The van der Waals surface area contributed by atoms with E-state index in [9.17, 15) is 4.79 Å². The molecule has 0 aromatic heterocycles. The molecule has 100 valence electrons. The average molecular weight is 251 g/mol. The van der Waals surface area contributed by atoms with Crippen LogP contribution in [-0.2, 0) is 9.53 Å². The Morgan fingerprint density at radius 2 is 2.50 bits per heavy atom. The van der Waals surface area contributed by atoms with Crippen LogP contribution in [-0.4, -0.2) is 48.7 Å². The molecule has 0 aliphatic carbocycles. The maximum absolute atomic E-state index is 12.7. The van der Waals surface area contributed by atoms with Gasteiger partial charge in [0.25, 0.3) is 0 Å². The van der Waals surface area contributed by atoms with E-state index in [4.69, 9.17) is 10.00 Å². The summed E-state index contributed by atoms with van der Waals surface area (Å²) in [5, 5.41) is 12.3. The highest BCUT2D eigenvalue weighted by molar-refractivity contribution is 5.87. The first kappa shape index (κ1) is 13.3. The fourth-order valence-electron chi connectivity index (χ4n) is 2.95. The van der Waals surface area contributed by atoms with Crippen LogP contribution in [0.1, 0.15) is 32.6 Å². The van der Waals surface area contributed by atoms with Gasteiger partial charge in [-0.3, -0.25) is 4.79 Å². The Balaban J connectivity index is 2.06. The minimum atomic E-state index is -0.470. The van der Waals surface area contributed by atoms with Gasteiger partial charge in [0, 0.05) is 6.54 Å². The van der Waals surface area contributed by atoms with Crippen molar-refractivity contribution in [2.24, 2.45) is 0 Å². The minimum absolute atomic E-state index is 0.158. The van der Waals surface area contributed by atoms with Crippen LogP contribution in [0.2, 0.25) is 0 Å². The number of nitrogens with zero attached hydrogens (tertiary/aromatic N) is 2. The first-order valence-electron chi connectivity index (χ1n) is 6.77. The molecular formula is C13H21N3O2. The van der Waals surface area contributed by atoms with Crippen molar-refractivity contribution in [2.75, 3.05) is 26.2 Å². The van der Waals surface area contributed by atoms with Gasteiger partial charge >= 0.3 is 0 Å². The lowest BCUT2D eigenvalue weighted by atomic mass is 9.90. The molecule has 2 saturated heterocycles. The fraction of sp³-hybridized carbons (Fsp3) is 0.846. The normalized spacial score (nSPS) is 32.2. The highest BCUT2D eigenvalue weighted by Crippen LogP contribution is 2.27. The number of carbonyl (C=O) groups is 1. The SMILES string of the molecule is CCCC1(C(=O)N2CCOC(C#N)C2)CCCN1. The number of rotatable bonds is 3. The van der Waals surface area contributed by atoms with Crippen molar-refractivity contribution in [3.63, 3.8) is 0 Å². The number of ether oxygens (including phenoxy) is 1. The zero-order valence-electron chi connectivity index (χ0n) is 10.9. The Kier molecular flexibility index (Phi) is 4.20. The molecule has 5 heteroatoms. The lowest BCUT2D eigenvalue weighted by Gasteiger charge is -2.37. The topological polar surface area (TPSA) is 65.4 Å². The van der Waals surface area contributed by atoms with Crippen molar-refractivity contribution in [2.45, 2.75) is 44.2 Å². The van der Waals surface area contributed by atoms with Crippen LogP contribution >= 0.6 is 0 Å². The molecule has 0 aromatic carbocycles. The number of morpholine rings is 1. The zero-order chi connectivity index (χ0) is 13.0. The molecule has 2 heterocycles. The fourth-order valence-corrected chi connectivity index (χ4v) is 2.95. The van der Waals surface area contributed by atoms with Crippen molar-refractivity contribution in [1.29, 1.82) is 5.26 Å². The summed E-state index contributed by atoms with van der Waals surface area (Å²) in [6.45, 7) is 4.49. The molecule has 1 N–H and O–H groups in total. The first-order chi connectivity index (χ1) is 8.72. The molecule has 2 unspecified atom stereocenters. The summed E-state index contributed by atoms with van der Waals surface area (Å²) < 4.78 is 5.29. The third-order valence-electron chi connectivity index (χ3n) is 3.83. The van der Waals surface area contributed by atoms with E-state index in [1.807, 2.05) is 0 Å². The van der Waals surface area contributed by atoms with Crippen LogP contribution < -0.4 is 5.32 Å². The van der Waals surface area contributed by atoms with Crippen LogP contribution in [0.5, 0.6) is 0 Å². The molecular weight excluding hydrogens is 230 g/mol. The molecule has 0 radical (unpaired) electrons. The van der Waals surface area contributed by atoms with Crippen LogP contribution in [0.3, 0.4) is 0 Å². The maximum Gasteiger partial charge on any atom is 0.243 e. The van der Waals surface area contributed by atoms with Crippen molar-refractivity contribution in [1.82, 2.24) is 10.2 Å². The van der Waals surface area contributed by atoms with Crippen LogP contribution in [0.4, 0.5) is 0 Å². The largest absolute Gasteiger partial charge is 0.360 e. The van der Waals surface area contributed by atoms with E-state index in [1.165, 1.54) is 0 Å². The molecule has 18 heavy (non-hydrogen) atoms. The Hall–Kier alpha value is -1.12. The number of amides is 1. The number of hydrogen-bond donors (Lipinski definition) is 1. The van der Waals surface area contributed by atoms with E-state index in [0.29, 0.717) is 19.7 Å². The molecule has 2 fully saturated rings. The highest BCUT2D eigenvalue weighted by Gasteiger charge is 2.43. The molecule has 2 aliphatic rings. The lowest BCUT2D eigenvalue weighted by Crippen LogP contribution is -2.58. The molecule has 0 spiro atoms. The maximum atomic E-state index is 12.7. The Morgan fingerprint density at radius 1 is 1.67 bits per heavy atom. The van der Waals surface area contributed by atoms with Gasteiger partial charge in [-0.05, 0) is 25.8 Å². The molecule has 0 bridgehead atoms. The minimum Gasteiger partial charge on any atom is -0.360 e. The Bertz CT molecular complexity index is 345. The molecule has 0 saturated carbocycles. The summed E-state index contributed by atoms with van der Waals surface area (Å²) in [4.78, 5) is 14.5. The summed E-state index contributed by atoms with van der Waals surface area (Å²) >= 11 is 0. The third-order valence-corrected chi connectivity index (χ3v) is 3.83. The zero-order valence-corrected chi connectivity index (χ0v) is 10.9. The summed E-state index contributed by atoms with van der Waals surface area (Å²) in [7, 11) is 0. The van der Waals surface area contributed by atoms with Crippen LogP contribution in [0.25, 0.3) is 0 Å². The van der Waals surface area contributed by atoms with Gasteiger partial charge in [-0.2, -0.15) is 5.26 Å². The van der Waals surface area contributed by atoms with E-state index in [0.717, 1.165) is 32.2 Å². The molecule has 2 rings (SSSR count). The van der Waals surface area contributed by atoms with E-state index in [-0.39, 0.29) is 11.4 Å². The molecule has 5 nitrogen and oxygen atoms in total. The van der Waals surface area contributed by atoms with Gasteiger partial charge < -0.3 is 15.0 Å². The monoisotopic (exact) mass is 251 g/mol. The van der Waals surface area contributed by atoms with E-state index in [1.54, 1.807) is 4.90 Å². The number of hydrogen-bond acceptors (Lipinski definition) is 4. The van der Waals surface area contributed by atoms with Crippen LogP contribution in [0.15, 0.2) is 0 Å². The summed E-state index contributed by atoms with van der Waals surface area (Å²) in [6.07, 6.45) is 3.36. The quantitative estimate of drug-likeness (QED) is 0.800. The second-order valence-electron chi connectivity index (χ2n) is 5.10. The number of nitrogens with one attached hydrogen (secondary N) is 1. The van der Waals surface area contributed by atoms with Gasteiger partial charge in [0.2, 0.25) is 5.91 Å². The average Bonchev–Trinajstić information content (AvgIpc) is 2.88. The van der Waals surface area contributed by atoms with Crippen molar-refractivity contribution >= 4 is 5.91 Å². The van der Waals surface area contributed by atoms with E-state index in [2.05, 4.69) is 18.3 Å². The summed E-state index contributed by atoms with van der Waals surface area (Å²) in [5.41, 5.74) is -0.383. The smallest absolute Gasteiger partial charge is 0.243 e. The first-order valence-corrected chi connectivity index (χ1v) is 6.77. The standard InChI is InChI=1S/C13H21N3O2/c1-2-4-13(5-3-6-15-13)12(17)16-7-8-18-11(9-14)10-16/h11,15H,2-8,10H2,1H3. The second-order valence-corrected chi connectivity index (χ2v) is 5.10. The van der Waals surface area contributed by atoms with Gasteiger partial charge in [-0.1, -0.05) is 13.3 Å².